The van der Waals surface area contributed by atoms with Gasteiger partial charge in [0.1, 0.15) is 12.1 Å². The maximum absolute atomic E-state index is 12.1. The molecule has 0 aliphatic carbocycles. The molecule has 5 nitrogen and oxygen atoms in total. The van der Waals surface area contributed by atoms with Gasteiger partial charge in [0.15, 0.2) is 0 Å². The summed E-state index contributed by atoms with van der Waals surface area (Å²) in [6, 6.07) is 6.60. The number of rotatable bonds is 1. The van der Waals surface area contributed by atoms with Crippen LogP contribution in [0.25, 0.3) is 0 Å². The van der Waals surface area contributed by atoms with Crippen LogP contribution in [-0.2, 0) is 22.6 Å². The van der Waals surface area contributed by atoms with E-state index in [9.17, 15) is 9.59 Å². The predicted molar refractivity (Wildman–Crippen MR) is 63.5 cm³/mol. The third-order valence-electron chi connectivity index (χ3n) is 3.63. The van der Waals surface area contributed by atoms with E-state index in [1.54, 1.807) is 4.90 Å². The third kappa shape index (κ3) is 1.59. The number of hydrogen-bond donors (Lipinski definition) is 2. The van der Waals surface area contributed by atoms with Crippen LogP contribution in [0.4, 0.5) is 0 Å². The molecule has 2 atom stereocenters. The molecule has 1 aromatic carbocycles. The smallest absolute Gasteiger partial charge is 0.248 e. The van der Waals surface area contributed by atoms with Gasteiger partial charge in [-0.1, -0.05) is 24.3 Å². The van der Waals surface area contributed by atoms with Crippen molar-refractivity contribution in [2.45, 2.75) is 25.0 Å². The van der Waals surface area contributed by atoms with Crippen molar-refractivity contribution in [3.63, 3.8) is 0 Å². The van der Waals surface area contributed by atoms with Crippen LogP contribution in [0, 0.1) is 0 Å². The van der Waals surface area contributed by atoms with E-state index in [0.717, 1.165) is 11.1 Å². The van der Waals surface area contributed by atoms with Crippen molar-refractivity contribution in [1.29, 1.82) is 0 Å². The van der Waals surface area contributed by atoms with E-state index in [-0.39, 0.29) is 18.4 Å². The van der Waals surface area contributed by atoms with Crippen molar-refractivity contribution in [3.8, 4) is 0 Å². The monoisotopic (exact) mass is 246 g/mol. The lowest BCUT2D eigenvalue weighted by Crippen LogP contribution is -2.65. The lowest BCUT2D eigenvalue weighted by molar-refractivity contribution is -0.151. The van der Waals surface area contributed by atoms with Gasteiger partial charge in [0, 0.05) is 13.0 Å². The molecule has 0 bridgehead atoms. The number of carbonyl (C=O) groups is 2. The van der Waals surface area contributed by atoms with Gasteiger partial charge >= 0.3 is 0 Å². The average molecular weight is 246 g/mol. The minimum atomic E-state index is -0.793. The van der Waals surface area contributed by atoms with Gasteiger partial charge in [-0.25, -0.2) is 0 Å². The molecule has 2 aliphatic rings. The van der Waals surface area contributed by atoms with Gasteiger partial charge in [0.05, 0.1) is 6.61 Å². The maximum atomic E-state index is 12.1. The zero-order valence-corrected chi connectivity index (χ0v) is 9.80. The Balaban J connectivity index is 1.96. The largest absolute Gasteiger partial charge is 0.394 e. The van der Waals surface area contributed by atoms with Crippen molar-refractivity contribution < 1.29 is 14.7 Å². The number of piperazine rings is 1. The molecular formula is C13H14N2O3. The van der Waals surface area contributed by atoms with Crippen molar-refractivity contribution in [3.05, 3.63) is 35.4 Å². The quantitative estimate of drug-likeness (QED) is 0.697. The Kier molecular flexibility index (Phi) is 2.56. The summed E-state index contributed by atoms with van der Waals surface area (Å²) in [5.41, 5.74) is 2.19. The normalized spacial score (nSPS) is 26.4. The lowest BCUT2D eigenvalue weighted by atomic mass is 9.91. The number of hydrogen-bond acceptors (Lipinski definition) is 3. The summed E-state index contributed by atoms with van der Waals surface area (Å²) in [6.07, 6.45) is 0.548. The molecule has 0 spiro atoms. The second-order valence-corrected chi connectivity index (χ2v) is 4.70. The van der Waals surface area contributed by atoms with Crippen LogP contribution in [0.2, 0.25) is 0 Å². The summed E-state index contributed by atoms with van der Waals surface area (Å²) < 4.78 is 0. The van der Waals surface area contributed by atoms with Gasteiger partial charge in [0.25, 0.3) is 0 Å². The molecule has 2 aliphatic heterocycles. The summed E-state index contributed by atoms with van der Waals surface area (Å²) in [5.74, 6) is -0.375. The Morgan fingerprint density at radius 3 is 2.72 bits per heavy atom. The fraction of sp³-hybridized carbons (Fsp3) is 0.385. The maximum Gasteiger partial charge on any atom is 0.248 e. The second kappa shape index (κ2) is 4.10. The number of aliphatic hydroxyl groups excluding tert-OH is 1. The summed E-state index contributed by atoms with van der Waals surface area (Å²) in [7, 11) is 0. The minimum absolute atomic E-state index is 0.178. The summed E-state index contributed by atoms with van der Waals surface area (Å²) >= 11 is 0. The average Bonchev–Trinajstić information content (AvgIpc) is 2.41. The molecule has 1 fully saturated rings. The molecule has 0 saturated carbocycles. The van der Waals surface area contributed by atoms with E-state index in [2.05, 4.69) is 5.32 Å². The zero-order chi connectivity index (χ0) is 12.7. The minimum Gasteiger partial charge on any atom is -0.394 e. The highest BCUT2D eigenvalue weighted by Gasteiger charge is 2.42. The molecule has 3 rings (SSSR count). The standard InChI is InChI=1S/C13H14N2O3/c16-7-10-13(18)15-6-9-4-2-1-3-8(9)5-11(15)12(17)14-10/h1-4,10-11,16H,5-7H2,(H,14,17). The Bertz CT molecular complexity index is 515. The van der Waals surface area contributed by atoms with Crippen LogP contribution in [-0.4, -0.2) is 40.5 Å². The zero-order valence-electron chi connectivity index (χ0n) is 9.80. The van der Waals surface area contributed by atoms with Gasteiger partial charge in [-0.15, -0.1) is 0 Å². The Labute approximate surface area is 104 Å². The first-order valence-corrected chi connectivity index (χ1v) is 5.99. The van der Waals surface area contributed by atoms with E-state index >= 15 is 0 Å². The van der Waals surface area contributed by atoms with E-state index in [0.29, 0.717) is 13.0 Å². The summed E-state index contributed by atoms with van der Waals surface area (Å²) in [6.45, 7) is 0.0963. The van der Waals surface area contributed by atoms with E-state index in [1.807, 2.05) is 24.3 Å². The molecule has 2 amide bonds. The number of aliphatic hydroxyl groups is 1. The highest BCUT2D eigenvalue weighted by molar-refractivity contribution is 5.97. The number of carbonyl (C=O) groups excluding carboxylic acids is 2. The Hall–Kier alpha value is -1.88. The van der Waals surface area contributed by atoms with Gasteiger partial charge in [-0.2, -0.15) is 0 Å². The van der Waals surface area contributed by atoms with Crippen molar-refractivity contribution in [1.82, 2.24) is 10.2 Å². The first-order chi connectivity index (χ1) is 8.70. The van der Waals surface area contributed by atoms with Crippen molar-refractivity contribution in [2.24, 2.45) is 0 Å². The van der Waals surface area contributed by atoms with E-state index < -0.39 is 12.1 Å². The number of nitrogens with zero attached hydrogens (tertiary/aromatic N) is 1. The summed E-state index contributed by atoms with van der Waals surface area (Å²) in [5, 5.41) is 11.7. The molecule has 2 heterocycles. The van der Waals surface area contributed by atoms with Crippen LogP contribution in [0.15, 0.2) is 24.3 Å². The topological polar surface area (TPSA) is 69.6 Å². The summed E-state index contributed by atoms with van der Waals surface area (Å²) in [4.78, 5) is 25.6. The number of fused-ring (bicyclic) bond motifs is 2. The SMILES string of the molecule is O=C1NC(CO)C(=O)N2Cc3ccccc3CC12. The second-order valence-electron chi connectivity index (χ2n) is 4.70. The molecule has 1 saturated heterocycles. The molecule has 94 valence electrons. The van der Waals surface area contributed by atoms with Gasteiger partial charge in [-0.05, 0) is 11.1 Å². The molecule has 18 heavy (non-hydrogen) atoms. The lowest BCUT2D eigenvalue weighted by Gasteiger charge is -2.41. The first-order valence-electron chi connectivity index (χ1n) is 5.99. The number of benzene rings is 1. The van der Waals surface area contributed by atoms with Crippen molar-refractivity contribution >= 4 is 11.8 Å². The molecule has 1 aromatic rings. The molecule has 5 heteroatoms. The fourth-order valence-corrected chi connectivity index (χ4v) is 2.64. The van der Waals surface area contributed by atoms with Crippen LogP contribution in [0.1, 0.15) is 11.1 Å². The third-order valence-corrected chi connectivity index (χ3v) is 3.63. The number of nitrogens with one attached hydrogen (secondary N) is 1. The molecular weight excluding hydrogens is 232 g/mol. The van der Waals surface area contributed by atoms with Crippen LogP contribution in [0.5, 0.6) is 0 Å². The van der Waals surface area contributed by atoms with E-state index in [1.165, 1.54) is 0 Å². The van der Waals surface area contributed by atoms with E-state index in [4.69, 9.17) is 5.11 Å². The number of amides is 2. The fourth-order valence-electron chi connectivity index (χ4n) is 2.64. The van der Waals surface area contributed by atoms with Crippen LogP contribution >= 0.6 is 0 Å². The Morgan fingerprint density at radius 2 is 2.00 bits per heavy atom. The highest BCUT2D eigenvalue weighted by atomic mass is 16.3. The predicted octanol–water partition coefficient (Wildman–Crippen LogP) is -0.569. The highest BCUT2D eigenvalue weighted by Crippen LogP contribution is 2.26. The van der Waals surface area contributed by atoms with Crippen LogP contribution < -0.4 is 5.32 Å². The molecule has 2 N–H and O–H groups in total. The van der Waals surface area contributed by atoms with Gasteiger partial charge in [-0.3, -0.25) is 9.59 Å². The Morgan fingerprint density at radius 1 is 1.28 bits per heavy atom. The van der Waals surface area contributed by atoms with Crippen molar-refractivity contribution in [2.75, 3.05) is 6.61 Å². The first kappa shape index (κ1) is 11.2. The molecule has 0 aromatic heterocycles. The molecule has 2 unspecified atom stereocenters. The van der Waals surface area contributed by atoms with Gasteiger partial charge < -0.3 is 15.3 Å². The molecule has 0 radical (unpaired) electrons. The van der Waals surface area contributed by atoms with Gasteiger partial charge in [0.2, 0.25) is 11.8 Å². The van der Waals surface area contributed by atoms with Crippen LogP contribution in [0.3, 0.4) is 0 Å².